The van der Waals surface area contributed by atoms with Gasteiger partial charge >= 0.3 is 0 Å². The van der Waals surface area contributed by atoms with Crippen molar-refractivity contribution in [3.8, 4) is 0 Å². The fourth-order valence-electron chi connectivity index (χ4n) is 1.90. The summed E-state index contributed by atoms with van der Waals surface area (Å²) in [5.74, 6) is -0.270. The lowest BCUT2D eigenvalue weighted by Crippen LogP contribution is -2.23. The van der Waals surface area contributed by atoms with Gasteiger partial charge in [0, 0.05) is 30.1 Å². The maximum Gasteiger partial charge on any atom is 0.251 e. The zero-order valence-electron chi connectivity index (χ0n) is 13.1. The number of nitrogens with one attached hydrogen (secondary N) is 2. The maximum atomic E-state index is 11.8. The fraction of sp³-hybridized carbons (Fsp3) is 0.235. The molecule has 0 spiro atoms. The Hall–Kier alpha value is -2.47. The molecule has 5 nitrogen and oxygen atoms in total. The average Bonchev–Trinajstić information content (AvgIpc) is 2.97. The minimum Gasteiger partial charge on any atom is -0.352 e. The van der Waals surface area contributed by atoms with E-state index in [1.165, 1.54) is 6.08 Å². The lowest BCUT2D eigenvalue weighted by molar-refractivity contribution is -0.116. The van der Waals surface area contributed by atoms with Crippen LogP contribution in [0.15, 0.2) is 35.7 Å². The van der Waals surface area contributed by atoms with Gasteiger partial charge in [-0.2, -0.15) is 0 Å². The molecule has 1 aromatic heterocycles. The van der Waals surface area contributed by atoms with Crippen LogP contribution >= 0.6 is 11.3 Å². The molecule has 120 valence electrons. The van der Waals surface area contributed by atoms with Gasteiger partial charge in [0.2, 0.25) is 5.91 Å². The summed E-state index contributed by atoms with van der Waals surface area (Å²) in [5.41, 5.74) is 2.33. The van der Waals surface area contributed by atoms with E-state index in [1.807, 2.05) is 31.4 Å². The van der Waals surface area contributed by atoms with Crippen LogP contribution in [-0.2, 0) is 11.3 Å². The normalized spacial score (nSPS) is 10.7. The second kappa shape index (κ2) is 8.24. The molecule has 23 heavy (non-hydrogen) atoms. The van der Waals surface area contributed by atoms with Crippen LogP contribution in [0.3, 0.4) is 0 Å². The first-order valence-electron chi connectivity index (χ1n) is 7.33. The molecule has 0 bridgehead atoms. The van der Waals surface area contributed by atoms with Crippen molar-refractivity contribution >= 4 is 29.2 Å². The monoisotopic (exact) mass is 329 g/mol. The molecular weight excluding hydrogens is 310 g/mol. The molecule has 0 radical (unpaired) electrons. The number of carbonyl (C=O) groups excluding carboxylic acids is 2. The molecule has 0 fully saturated rings. The van der Waals surface area contributed by atoms with Crippen LogP contribution in [0.1, 0.15) is 33.5 Å². The van der Waals surface area contributed by atoms with Crippen LogP contribution < -0.4 is 10.6 Å². The molecule has 6 heteroatoms. The van der Waals surface area contributed by atoms with E-state index >= 15 is 0 Å². The van der Waals surface area contributed by atoms with Crippen molar-refractivity contribution in [1.82, 2.24) is 15.6 Å². The Kier molecular flexibility index (Phi) is 6.05. The number of hydrogen-bond donors (Lipinski definition) is 2. The third-order valence-electron chi connectivity index (χ3n) is 3.06. The summed E-state index contributed by atoms with van der Waals surface area (Å²) in [6, 6.07) is 7.16. The van der Waals surface area contributed by atoms with Crippen LogP contribution in [0.25, 0.3) is 6.08 Å². The highest BCUT2D eigenvalue weighted by Gasteiger charge is 2.04. The quantitative estimate of drug-likeness (QED) is 0.800. The standard InChI is InChI=1S/C17H19N3O2S/c1-3-18-17(22)14-6-4-13(5-7-14)10-19-16(21)9-8-15-11-23-12(2)20-15/h4-9,11H,3,10H2,1-2H3,(H,18,22)(H,19,21). The highest BCUT2D eigenvalue weighted by Crippen LogP contribution is 2.09. The summed E-state index contributed by atoms with van der Waals surface area (Å²) >= 11 is 1.55. The molecule has 0 saturated heterocycles. The Morgan fingerprint density at radius 3 is 2.57 bits per heavy atom. The van der Waals surface area contributed by atoms with Crippen molar-refractivity contribution in [1.29, 1.82) is 0 Å². The van der Waals surface area contributed by atoms with Crippen molar-refractivity contribution in [2.24, 2.45) is 0 Å². The fourth-order valence-corrected chi connectivity index (χ4v) is 2.48. The van der Waals surface area contributed by atoms with Crippen molar-refractivity contribution in [3.05, 3.63) is 57.6 Å². The molecule has 0 aliphatic heterocycles. The summed E-state index contributed by atoms with van der Waals surface area (Å²) in [5, 5.41) is 8.41. The molecule has 1 aromatic carbocycles. The van der Waals surface area contributed by atoms with Gasteiger partial charge in [-0.25, -0.2) is 4.98 Å². The third kappa shape index (κ3) is 5.34. The van der Waals surface area contributed by atoms with E-state index in [1.54, 1.807) is 29.5 Å². The summed E-state index contributed by atoms with van der Waals surface area (Å²) in [6.45, 7) is 4.81. The van der Waals surface area contributed by atoms with Crippen molar-refractivity contribution in [2.45, 2.75) is 20.4 Å². The number of aromatic nitrogens is 1. The minimum absolute atomic E-state index is 0.0930. The zero-order valence-corrected chi connectivity index (χ0v) is 13.9. The molecule has 0 saturated carbocycles. The van der Waals surface area contributed by atoms with Gasteiger partial charge in [0.05, 0.1) is 10.7 Å². The zero-order chi connectivity index (χ0) is 16.7. The van der Waals surface area contributed by atoms with E-state index < -0.39 is 0 Å². The molecule has 1 heterocycles. The van der Waals surface area contributed by atoms with Gasteiger partial charge in [-0.3, -0.25) is 9.59 Å². The predicted octanol–water partition coefficient (Wildman–Crippen LogP) is 2.53. The molecule has 0 aliphatic carbocycles. The van der Waals surface area contributed by atoms with Crippen LogP contribution in [0, 0.1) is 6.92 Å². The largest absolute Gasteiger partial charge is 0.352 e. The highest BCUT2D eigenvalue weighted by atomic mass is 32.1. The summed E-state index contributed by atoms with van der Waals surface area (Å²) in [4.78, 5) is 27.7. The van der Waals surface area contributed by atoms with E-state index in [-0.39, 0.29) is 11.8 Å². The van der Waals surface area contributed by atoms with E-state index in [4.69, 9.17) is 0 Å². The lowest BCUT2D eigenvalue weighted by atomic mass is 10.1. The van der Waals surface area contributed by atoms with Gasteiger partial charge < -0.3 is 10.6 Å². The molecule has 0 atom stereocenters. The number of aryl methyl sites for hydroxylation is 1. The number of nitrogens with zero attached hydrogens (tertiary/aromatic N) is 1. The van der Waals surface area contributed by atoms with E-state index in [0.29, 0.717) is 18.7 Å². The van der Waals surface area contributed by atoms with Crippen molar-refractivity contribution in [3.63, 3.8) is 0 Å². The highest BCUT2D eigenvalue weighted by molar-refractivity contribution is 7.09. The van der Waals surface area contributed by atoms with Gasteiger partial charge in [-0.05, 0) is 37.6 Å². The smallest absolute Gasteiger partial charge is 0.251 e. The van der Waals surface area contributed by atoms with Gasteiger partial charge in [0.25, 0.3) is 5.91 Å². The Balaban J connectivity index is 1.84. The Morgan fingerprint density at radius 2 is 1.96 bits per heavy atom. The van der Waals surface area contributed by atoms with E-state index in [2.05, 4.69) is 15.6 Å². The number of amides is 2. The van der Waals surface area contributed by atoms with Crippen LogP contribution in [0.2, 0.25) is 0 Å². The van der Waals surface area contributed by atoms with Gasteiger partial charge in [-0.15, -0.1) is 11.3 Å². The first-order chi connectivity index (χ1) is 11.1. The molecule has 2 aromatic rings. The number of hydrogen-bond acceptors (Lipinski definition) is 4. The van der Waals surface area contributed by atoms with Gasteiger partial charge in [0.15, 0.2) is 0 Å². The van der Waals surface area contributed by atoms with E-state index in [0.717, 1.165) is 16.3 Å². The first kappa shape index (κ1) is 16.9. The minimum atomic E-state index is -0.177. The number of rotatable bonds is 6. The third-order valence-corrected chi connectivity index (χ3v) is 3.85. The maximum absolute atomic E-state index is 11.8. The molecule has 0 aliphatic rings. The Morgan fingerprint density at radius 1 is 1.22 bits per heavy atom. The van der Waals surface area contributed by atoms with Crippen molar-refractivity contribution < 1.29 is 9.59 Å². The van der Waals surface area contributed by atoms with Crippen LogP contribution in [-0.4, -0.2) is 23.3 Å². The van der Waals surface area contributed by atoms with Gasteiger partial charge in [0.1, 0.15) is 0 Å². The van der Waals surface area contributed by atoms with Gasteiger partial charge in [-0.1, -0.05) is 12.1 Å². The number of benzene rings is 1. The van der Waals surface area contributed by atoms with Crippen molar-refractivity contribution in [2.75, 3.05) is 6.54 Å². The summed E-state index contributed by atoms with van der Waals surface area (Å²) in [6.07, 6.45) is 3.16. The molecule has 0 unspecified atom stereocenters. The van der Waals surface area contributed by atoms with Crippen LogP contribution in [0.5, 0.6) is 0 Å². The topological polar surface area (TPSA) is 71.1 Å². The Labute approximate surface area is 139 Å². The van der Waals surface area contributed by atoms with Crippen LogP contribution in [0.4, 0.5) is 0 Å². The molecular formula is C17H19N3O2S. The average molecular weight is 329 g/mol. The second-order valence-electron chi connectivity index (χ2n) is 4.90. The summed E-state index contributed by atoms with van der Waals surface area (Å²) < 4.78 is 0. The summed E-state index contributed by atoms with van der Waals surface area (Å²) in [7, 11) is 0. The number of carbonyl (C=O) groups is 2. The lowest BCUT2D eigenvalue weighted by Gasteiger charge is -2.05. The number of thiazole rings is 1. The molecule has 2 amide bonds. The molecule has 2 N–H and O–H groups in total. The molecule has 2 rings (SSSR count). The Bertz CT molecular complexity index is 705. The first-order valence-corrected chi connectivity index (χ1v) is 8.21. The second-order valence-corrected chi connectivity index (χ2v) is 5.96. The van der Waals surface area contributed by atoms with E-state index in [9.17, 15) is 9.59 Å². The SMILES string of the molecule is CCNC(=O)c1ccc(CNC(=O)C=Cc2csc(C)n2)cc1. The predicted molar refractivity (Wildman–Crippen MR) is 92.2 cm³/mol.